The van der Waals surface area contributed by atoms with Gasteiger partial charge in [-0.1, -0.05) is 121 Å². The lowest BCUT2D eigenvalue weighted by atomic mass is 9.97. The van der Waals surface area contributed by atoms with Gasteiger partial charge in [0.15, 0.2) is 17.5 Å². The van der Waals surface area contributed by atoms with Crippen molar-refractivity contribution in [2.24, 2.45) is 0 Å². The number of thiophene rings is 1. The van der Waals surface area contributed by atoms with E-state index >= 15 is 0 Å². The van der Waals surface area contributed by atoms with E-state index in [2.05, 4.69) is 78.9 Å². The Hall–Kier alpha value is -5.56. The summed E-state index contributed by atoms with van der Waals surface area (Å²) in [4.78, 5) is 19.9. The number of fused-ring (bicyclic) bond motifs is 4. The Morgan fingerprint density at radius 3 is 1.61 bits per heavy atom. The van der Waals surface area contributed by atoms with E-state index in [0.717, 1.165) is 38.3 Å². The minimum atomic E-state index is 0.648. The fourth-order valence-corrected chi connectivity index (χ4v) is 8.18. The van der Waals surface area contributed by atoms with Crippen LogP contribution in [0.4, 0.5) is 0 Å². The molecule has 0 atom stereocenters. The molecule has 0 fully saturated rings. The Balaban J connectivity index is 1.19. The van der Waals surface area contributed by atoms with Crippen molar-refractivity contribution in [1.29, 1.82) is 0 Å². The zero-order valence-electron chi connectivity index (χ0n) is 24.5. The Morgan fingerprint density at radius 2 is 0.935 bits per heavy atom. The molecule has 0 saturated carbocycles. The number of aromatic nitrogens is 4. The highest BCUT2D eigenvalue weighted by molar-refractivity contribution is 7.26. The van der Waals surface area contributed by atoms with Crippen molar-refractivity contribution in [2.75, 3.05) is 0 Å². The number of benzene rings is 6. The lowest BCUT2D eigenvalue weighted by Crippen LogP contribution is -2.00. The summed E-state index contributed by atoms with van der Waals surface area (Å²) in [6.45, 7) is 0. The van der Waals surface area contributed by atoms with E-state index < -0.39 is 0 Å². The Morgan fingerprint density at radius 1 is 0.370 bits per heavy atom. The second-order valence-electron chi connectivity index (χ2n) is 11.1. The topological polar surface area (TPSA) is 51.6 Å². The van der Waals surface area contributed by atoms with Crippen LogP contribution in [0.2, 0.25) is 0 Å². The molecule has 0 aliphatic carbocycles. The number of hydrogen-bond acceptors (Lipinski definition) is 6. The molecular formula is C40H24N4S2. The summed E-state index contributed by atoms with van der Waals surface area (Å²) in [6.07, 6.45) is 0. The van der Waals surface area contributed by atoms with E-state index in [1.807, 2.05) is 78.1 Å². The highest BCUT2D eigenvalue weighted by atomic mass is 32.1. The summed E-state index contributed by atoms with van der Waals surface area (Å²) < 4.78 is 3.74. The molecule has 0 unspecified atom stereocenters. The van der Waals surface area contributed by atoms with Crippen LogP contribution in [0.5, 0.6) is 0 Å². The van der Waals surface area contributed by atoms with Crippen LogP contribution in [0.25, 0.3) is 86.3 Å². The van der Waals surface area contributed by atoms with Crippen molar-refractivity contribution in [3.63, 3.8) is 0 Å². The maximum absolute atomic E-state index is 5.04. The molecule has 0 aliphatic rings. The van der Waals surface area contributed by atoms with Crippen LogP contribution in [0.1, 0.15) is 0 Å². The minimum Gasteiger partial charge on any atom is -0.236 e. The third kappa shape index (κ3) is 4.76. The van der Waals surface area contributed by atoms with Crippen LogP contribution in [-0.4, -0.2) is 19.9 Å². The lowest BCUT2D eigenvalue weighted by Gasteiger charge is -2.10. The molecule has 9 aromatic rings. The predicted molar refractivity (Wildman–Crippen MR) is 193 cm³/mol. The van der Waals surface area contributed by atoms with Gasteiger partial charge in [-0.05, 0) is 35.4 Å². The van der Waals surface area contributed by atoms with Crippen molar-refractivity contribution in [3.05, 3.63) is 146 Å². The number of hydrogen-bond donors (Lipinski definition) is 0. The largest absolute Gasteiger partial charge is 0.236 e. The minimum absolute atomic E-state index is 0.648. The molecule has 0 bridgehead atoms. The molecule has 46 heavy (non-hydrogen) atoms. The molecule has 0 amide bonds. The lowest BCUT2D eigenvalue weighted by molar-refractivity contribution is 1.07. The third-order valence-corrected chi connectivity index (χ3v) is 10.3. The normalized spacial score (nSPS) is 11.5. The fourth-order valence-electron chi connectivity index (χ4n) is 5.96. The number of rotatable bonds is 5. The van der Waals surface area contributed by atoms with Gasteiger partial charge in [0.2, 0.25) is 0 Å². The van der Waals surface area contributed by atoms with Gasteiger partial charge >= 0.3 is 0 Å². The van der Waals surface area contributed by atoms with Crippen molar-refractivity contribution in [2.45, 2.75) is 0 Å². The SMILES string of the molecule is c1ccc(-c2nc(-c3ccccc3)nc(-c3cccc(-c4cccc5sc6cc7sc(-c8ccccc8)nc7cc6c45)c3)n2)cc1. The van der Waals surface area contributed by atoms with E-state index in [1.54, 1.807) is 11.3 Å². The van der Waals surface area contributed by atoms with Gasteiger partial charge in [-0.25, -0.2) is 19.9 Å². The quantitative estimate of drug-likeness (QED) is 0.191. The third-order valence-electron chi connectivity index (χ3n) is 8.16. The van der Waals surface area contributed by atoms with Crippen LogP contribution in [0.3, 0.4) is 0 Å². The van der Waals surface area contributed by atoms with Gasteiger partial charge in [-0.3, -0.25) is 0 Å². The molecule has 0 N–H and O–H groups in total. The summed E-state index contributed by atoms with van der Waals surface area (Å²) in [5, 5.41) is 3.53. The molecule has 0 radical (unpaired) electrons. The van der Waals surface area contributed by atoms with E-state index in [1.165, 1.54) is 30.4 Å². The molecule has 3 aromatic heterocycles. The molecule has 6 aromatic carbocycles. The molecule has 0 spiro atoms. The molecule has 9 rings (SSSR count). The zero-order chi connectivity index (χ0) is 30.5. The van der Waals surface area contributed by atoms with Crippen LogP contribution in [-0.2, 0) is 0 Å². The van der Waals surface area contributed by atoms with Gasteiger partial charge in [0.05, 0.1) is 10.2 Å². The predicted octanol–water partition coefficient (Wildman–Crippen LogP) is 11.2. The smallest absolute Gasteiger partial charge is 0.164 e. The van der Waals surface area contributed by atoms with E-state index in [9.17, 15) is 0 Å². The standard InChI is InChI=1S/C40H24N4S2/c1-4-12-25(13-5-1)37-42-38(26-14-6-2-7-15-26)44-39(43-37)29-19-10-18-28(22-29)30-20-11-21-33-36(30)31-23-32-35(24-34(31)45-33)46-40(41-32)27-16-8-3-9-17-27/h1-24H. The van der Waals surface area contributed by atoms with E-state index in [-0.39, 0.29) is 0 Å². The van der Waals surface area contributed by atoms with Gasteiger partial charge in [-0.15, -0.1) is 22.7 Å². The molecule has 4 nitrogen and oxygen atoms in total. The first-order valence-corrected chi connectivity index (χ1v) is 16.7. The zero-order valence-corrected chi connectivity index (χ0v) is 26.1. The Kier molecular flexibility index (Phi) is 6.47. The van der Waals surface area contributed by atoms with Crippen LogP contribution in [0, 0.1) is 0 Å². The summed E-state index contributed by atoms with van der Waals surface area (Å²) in [6, 6.07) is 50.3. The first-order chi connectivity index (χ1) is 22.8. The van der Waals surface area contributed by atoms with Gasteiger partial charge in [0, 0.05) is 42.4 Å². The number of nitrogens with zero attached hydrogens (tertiary/aromatic N) is 4. The molecule has 0 saturated heterocycles. The Labute approximate surface area is 273 Å². The molecule has 6 heteroatoms. The van der Waals surface area contributed by atoms with Crippen LogP contribution >= 0.6 is 22.7 Å². The molecule has 3 heterocycles. The van der Waals surface area contributed by atoms with Gasteiger partial charge in [0.25, 0.3) is 0 Å². The maximum Gasteiger partial charge on any atom is 0.164 e. The summed E-state index contributed by atoms with van der Waals surface area (Å²) in [5.74, 6) is 1.96. The molecule has 216 valence electrons. The second-order valence-corrected chi connectivity index (χ2v) is 13.2. The summed E-state index contributed by atoms with van der Waals surface area (Å²) in [7, 11) is 0. The fraction of sp³-hybridized carbons (Fsp3) is 0. The van der Waals surface area contributed by atoms with Gasteiger partial charge in [-0.2, -0.15) is 0 Å². The summed E-state index contributed by atoms with van der Waals surface area (Å²) in [5.41, 5.74) is 7.35. The van der Waals surface area contributed by atoms with Crippen molar-refractivity contribution < 1.29 is 0 Å². The summed E-state index contributed by atoms with van der Waals surface area (Å²) >= 11 is 3.59. The first-order valence-electron chi connectivity index (χ1n) is 15.1. The van der Waals surface area contributed by atoms with E-state index in [4.69, 9.17) is 19.9 Å². The van der Waals surface area contributed by atoms with Crippen molar-refractivity contribution in [3.8, 4) is 55.9 Å². The molecule has 0 aliphatic heterocycles. The van der Waals surface area contributed by atoms with Crippen LogP contribution in [0.15, 0.2) is 146 Å². The van der Waals surface area contributed by atoms with Crippen LogP contribution < -0.4 is 0 Å². The van der Waals surface area contributed by atoms with E-state index in [0.29, 0.717) is 17.5 Å². The van der Waals surface area contributed by atoms with Gasteiger partial charge < -0.3 is 0 Å². The second kappa shape index (κ2) is 11.1. The molecular weight excluding hydrogens is 601 g/mol. The number of thiazole rings is 1. The highest BCUT2D eigenvalue weighted by Crippen LogP contribution is 2.43. The monoisotopic (exact) mass is 624 g/mol. The Bertz CT molecular complexity index is 2460. The van der Waals surface area contributed by atoms with Gasteiger partial charge in [0.1, 0.15) is 5.01 Å². The van der Waals surface area contributed by atoms with Crippen molar-refractivity contribution in [1.82, 2.24) is 19.9 Å². The highest BCUT2D eigenvalue weighted by Gasteiger charge is 2.16. The average molecular weight is 625 g/mol. The maximum atomic E-state index is 5.04. The van der Waals surface area contributed by atoms with Crippen molar-refractivity contribution >= 4 is 53.1 Å². The average Bonchev–Trinajstić information content (AvgIpc) is 3.72. The first kappa shape index (κ1) is 26.8.